The van der Waals surface area contributed by atoms with Crippen LogP contribution in [0.4, 0.5) is 5.69 Å². The second-order valence-corrected chi connectivity index (χ2v) is 3.68. The first-order chi connectivity index (χ1) is 8.13. The third kappa shape index (κ3) is 4.65. The summed E-state index contributed by atoms with van der Waals surface area (Å²) in [7, 11) is 0. The number of carboxylic acid groups (broad SMARTS) is 1. The first kappa shape index (κ1) is 13.2. The summed E-state index contributed by atoms with van der Waals surface area (Å²) >= 11 is 0. The molecule has 5 heteroatoms. The Morgan fingerprint density at radius 1 is 1.53 bits per heavy atom. The van der Waals surface area contributed by atoms with Gasteiger partial charge in [0.05, 0.1) is 5.69 Å². The number of aliphatic carboxylic acids is 1. The predicted molar refractivity (Wildman–Crippen MR) is 68.2 cm³/mol. The Hall–Kier alpha value is -1.88. The molecule has 0 bridgehead atoms. The summed E-state index contributed by atoms with van der Waals surface area (Å²) in [6.45, 7) is 2.00. The molecule has 92 valence electrons. The molecule has 17 heavy (non-hydrogen) atoms. The van der Waals surface area contributed by atoms with Crippen molar-refractivity contribution < 1.29 is 9.90 Å². The maximum Gasteiger partial charge on any atom is 0.320 e. The highest BCUT2D eigenvalue weighted by Crippen LogP contribution is 2.10. The van der Waals surface area contributed by atoms with E-state index in [1.165, 1.54) is 0 Å². The van der Waals surface area contributed by atoms with E-state index in [1.54, 1.807) is 6.21 Å². The minimum Gasteiger partial charge on any atom is -0.480 e. The molecule has 5 nitrogen and oxygen atoms in total. The summed E-state index contributed by atoms with van der Waals surface area (Å²) in [6.07, 6.45) is 2.97. The lowest BCUT2D eigenvalue weighted by molar-refractivity contribution is -0.138. The van der Waals surface area contributed by atoms with Gasteiger partial charge in [-0.3, -0.25) is 10.2 Å². The van der Waals surface area contributed by atoms with Crippen molar-refractivity contribution in [2.45, 2.75) is 25.8 Å². The van der Waals surface area contributed by atoms with Crippen molar-refractivity contribution in [3.8, 4) is 0 Å². The Balaban J connectivity index is 2.55. The first-order valence-electron chi connectivity index (χ1n) is 5.48. The maximum absolute atomic E-state index is 10.6. The minimum atomic E-state index is -0.986. The van der Waals surface area contributed by atoms with Crippen molar-refractivity contribution in [2.75, 3.05) is 5.43 Å². The Morgan fingerprint density at radius 2 is 2.18 bits per heavy atom. The first-order valence-corrected chi connectivity index (χ1v) is 5.48. The number of anilines is 1. The average Bonchev–Trinajstić information content (AvgIpc) is 2.31. The number of nitrogens with two attached hydrogens (primary N) is 1. The quantitative estimate of drug-likeness (QED) is 0.514. The largest absolute Gasteiger partial charge is 0.480 e. The normalized spacial score (nSPS) is 12.6. The molecule has 1 unspecified atom stereocenters. The number of hydrogen-bond acceptors (Lipinski definition) is 4. The van der Waals surface area contributed by atoms with Gasteiger partial charge in [0.15, 0.2) is 0 Å². The van der Waals surface area contributed by atoms with Crippen LogP contribution in [0.1, 0.15) is 18.9 Å². The van der Waals surface area contributed by atoms with Crippen molar-refractivity contribution in [1.82, 2.24) is 0 Å². The van der Waals surface area contributed by atoms with E-state index in [0.717, 1.165) is 17.7 Å². The molecule has 0 spiro atoms. The van der Waals surface area contributed by atoms with Gasteiger partial charge in [-0.05, 0) is 30.5 Å². The fourth-order valence-corrected chi connectivity index (χ4v) is 1.27. The fourth-order valence-electron chi connectivity index (χ4n) is 1.27. The minimum absolute atomic E-state index is 0.327. The second kappa shape index (κ2) is 6.65. The lowest BCUT2D eigenvalue weighted by Crippen LogP contribution is -2.32. The molecule has 4 N–H and O–H groups in total. The van der Waals surface area contributed by atoms with E-state index in [4.69, 9.17) is 10.8 Å². The van der Waals surface area contributed by atoms with Crippen molar-refractivity contribution >= 4 is 17.9 Å². The zero-order valence-electron chi connectivity index (χ0n) is 9.76. The van der Waals surface area contributed by atoms with Crippen LogP contribution in [0.15, 0.2) is 29.4 Å². The van der Waals surface area contributed by atoms with Crippen LogP contribution in [0.5, 0.6) is 0 Å². The molecular formula is C12H17N3O2. The Labute approximate surface area is 100 Å². The van der Waals surface area contributed by atoms with Crippen molar-refractivity contribution in [2.24, 2.45) is 10.8 Å². The molecule has 0 heterocycles. The van der Waals surface area contributed by atoms with Crippen molar-refractivity contribution in [1.29, 1.82) is 0 Å². The van der Waals surface area contributed by atoms with Gasteiger partial charge in [-0.1, -0.05) is 19.1 Å². The van der Waals surface area contributed by atoms with E-state index in [9.17, 15) is 4.79 Å². The second-order valence-electron chi connectivity index (χ2n) is 3.68. The number of carboxylic acids is 1. The van der Waals surface area contributed by atoms with Gasteiger partial charge in [-0.15, -0.1) is 0 Å². The van der Waals surface area contributed by atoms with Crippen LogP contribution in [-0.2, 0) is 11.2 Å². The van der Waals surface area contributed by atoms with Crippen LogP contribution < -0.4 is 11.2 Å². The van der Waals surface area contributed by atoms with Gasteiger partial charge in [-0.25, -0.2) is 0 Å². The van der Waals surface area contributed by atoms with E-state index >= 15 is 0 Å². The molecule has 0 aliphatic heterocycles. The van der Waals surface area contributed by atoms with Crippen LogP contribution in [0.3, 0.4) is 0 Å². The molecule has 0 aromatic heterocycles. The Kier molecular flexibility index (Phi) is 5.16. The van der Waals surface area contributed by atoms with E-state index in [2.05, 4.69) is 10.5 Å². The number of nitrogens with one attached hydrogen (secondary N) is 1. The summed E-state index contributed by atoms with van der Waals surface area (Å²) < 4.78 is 0. The van der Waals surface area contributed by atoms with E-state index in [-0.39, 0.29) is 0 Å². The van der Waals surface area contributed by atoms with E-state index in [1.807, 2.05) is 31.2 Å². The number of carbonyl (C=O) groups is 1. The summed E-state index contributed by atoms with van der Waals surface area (Å²) in [4.78, 5) is 10.6. The van der Waals surface area contributed by atoms with Gasteiger partial charge in [0.25, 0.3) is 0 Å². The van der Waals surface area contributed by atoms with Crippen LogP contribution in [0, 0.1) is 0 Å². The fraction of sp³-hybridized carbons (Fsp3) is 0.333. The number of benzene rings is 1. The highest BCUT2D eigenvalue weighted by Gasteiger charge is 2.11. The number of hydrogen-bond donors (Lipinski definition) is 3. The summed E-state index contributed by atoms with van der Waals surface area (Å²) in [5.74, 6) is -0.986. The molecule has 0 radical (unpaired) electrons. The number of hydrazone groups is 1. The summed E-state index contributed by atoms with van der Waals surface area (Å²) in [5, 5.41) is 12.7. The molecule has 0 fully saturated rings. The summed E-state index contributed by atoms with van der Waals surface area (Å²) in [6, 6.07) is 6.51. The lowest BCUT2D eigenvalue weighted by atomic mass is 10.1. The topological polar surface area (TPSA) is 87.7 Å². The van der Waals surface area contributed by atoms with Crippen LogP contribution in [0.2, 0.25) is 0 Å². The molecule has 0 aliphatic rings. The van der Waals surface area contributed by atoms with E-state index in [0.29, 0.717) is 6.42 Å². The molecule has 0 amide bonds. The highest BCUT2D eigenvalue weighted by atomic mass is 16.4. The molecule has 1 atom stereocenters. The van der Waals surface area contributed by atoms with Gasteiger partial charge in [0, 0.05) is 6.21 Å². The zero-order chi connectivity index (χ0) is 12.7. The molecule has 0 saturated carbocycles. The standard InChI is InChI=1S/C12H17N3O2/c1-2-7-14-15-10-5-3-9(4-6-10)8-11(13)12(16)17/h3-7,11,15H,2,8,13H2,1H3,(H,16,17)/b14-7+. The third-order valence-electron chi connectivity index (χ3n) is 2.19. The third-order valence-corrected chi connectivity index (χ3v) is 2.19. The Bertz CT molecular complexity index is 387. The van der Waals surface area contributed by atoms with Crippen LogP contribution >= 0.6 is 0 Å². The van der Waals surface area contributed by atoms with Crippen molar-refractivity contribution in [3.05, 3.63) is 29.8 Å². The van der Waals surface area contributed by atoms with Gasteiger partial charge in [0.2, 0.25) is 0 Å². The SMILES string of the molecule is CC/C=N/Nc1ccc(CC(N)C(=O)O)cc1. The molecule has 1 aromatic rings. The van der Waals surface area contributed by atoms with Crippen molar-refractivity contribution in [3.63, 3.8) is 0 Å². The predicted octanol–water partition coefficient (Wildman–Crippen LogP) is 1.45. The van der Waals surface area contributed by atoms with Crippen LogP contribution in [0.25, 0.3) is 0 Å². The molecule has 1 aromatic carbocycles. The zero-order valence-corrected chi connectivity index (χ0v) is 9.76. The van der Waals surface area contributed by atoms with Gasteiger partial charge in [0.1, 0.15) is 6.04 Å². The van der Waals surface area contributed by atoms with Gasteiger partial charge < -0.3 is 10.8 Å². The monoisotopic (exact) mass is 235 g/mol. The van der Waals surface area contributed by atoms with Crippen LogP contribution in [-0.4, -0.2) is 23.3 Å². The highest BCUT2D eigenvalue weighted by molar-refractivity contribution is 5.73. The molecule has 0 saturated heterocycles. The average molecular weight is 235 g/mol. The number of rotatable bonds is 6. The molecule has 0 aliphatic carbocycles. The molecule has 1 rings (SSSR count). The summed E-state index contributed by atoms with van der Waals surface area (Å²) in [5.41, 5.74) is 10.1. The number of nitrogens with zero attached hydrogens (tertiary/aromatic N) is 1. The van der Waals surface area contributed by atoms with Gasteiger partial charge >= 0.3 is 5.97 Å². The molecular weight excluding hydrogens is 218 g/mol. The maximum atomic E-state index is 10.6. The van der Waals surface area contributed by atoms with Gasteiger partial charge in [-0.2, -0.15) is 5.10 Å². The van der Waals surface area contributed by atoms with E-state index < -0.39 is 12.0 Å². The Morgan fingerprint density at radius 3 is 2.71 bits per heavy atom. The lowest BCUT2D eigenvalue weighted by Gasteiger charge is -2.07. The smallest absolute Gasteiger partial charge is 0.320 e.